The van der Waals surface area contributed by atoms with Gasteiger partial charge in [0.2, 0.25) is 5.91 Å². The highest BCUT2D eigenvalue weighted by atomic mass is 16.5. The van der Waals surface area contributed by atoms with Crippen molar-refractivity contribution in [2.45, 2.75) is 40.0 Å². The predicted molar refractivity (Wildman–Crippen MR) is 81.0 cm³/mol. The quantitative estimate of drug-likeness (QED) is 0.424. The lowest BCUT2D eigenvalue weighted by molar-refractivity contribution is -0.154. The molecular formula is C16H25NO5. The standard InChI is InChI=1S/C16H25NO5/c1-4-16(2,3)15(21)22-10-9-17-13(18)11-7-5-6-8-12(11)14(19)20/h5-6,11-12H,4,7-10H2,1-3H3,(H,17,18)(H,19,20). The Morgan fingerprint density at radius 3 is 2.36 bits per heavy atom. The summed E-state index contributed by atoms with van der Waals surface area (Å²) in [5.74, 6) is -2.81. The first-order valence-corrected chi connectivity index (χ1v) is 7.62. The van der Waals surface area contributed by atoms with E-state index in [2.05, 4.69) is 5.32 Å². The Labute approximate surface area is 130 Å². The van der Waals surface area contributed by atoms with Crippen LogP contribution >= 0.6 is 0 Å². The van der Waals surface area contributed by atoms with Gasteiger partial charge in [0.1, 0.15) is 6.61 Å². The van der Waals surface area contributed by atoms with Crippen LogP contribution in [0, 0.1) is 17.3 Å². The van der Waals surface area contributed by atoms with Gasteiger partial charge in [-0.25, -0.2) is 0 Å². The molecule has 0 radical (unpaired) electrons. The molecule has 0 spiro atoms. The van der Waals surface area contributed by atoms with Crippen molar-refractivity contribution in [1.82, 2.24) is 5.32 Å². The van der Waals surface area contributed by atoms with Crippen molar-refractivity contribution in [3.63, 3.8) is 0 Å². The van der Waals surface area contributed by atoms with Gasteiger partial charge in [0.25, 0.3) is 0 Å². The van der Waals surface area contributed by atoms with Gasteiger partial charge in [0.15, 0.2) is 0 Å². The highest BCUT2D eigenvalue weighted by Crippen LogP contribution is 2.26. The fourth-order valence-corrected chi connectivity index (χ4v) is 2.17. The van der Waals surface area contributed by atoms with Crippen LogP contribution in [-0.2, 0) is 19.1 Å². The van der Waals surface area contributed by atoms with E-state index in [9.17, 15) is 14.4 Å². The minimum atomic E-state index is -0.958. The minimum Gasteiger partial charge on any atom is -0.481 e. The molecule has 124 valence electrons. The van der Waals surface area contributed by atoms with Gasteiger partial charge >= 0.3 is 11.9 Å². The zero-order valence-electron chi connectivity index (χ0n) is 13.4. The molecule has 1 aliphatic rings. The molecule has 0 saturated heterocycles. The lowest BCUT2D eigenvalue weighted by Crippen LogP contribution is -2.40. The number of ether oxygens (including phenoxy) is 1. The number of carboxylic acids is 1. The summed E-state index contributed by atoms with van der Waals surface area (Å²) in [5, 5.41) is 11.8. The van der Waals surface area contributed by atoms with Gasteiger partial charge in [-0.2, -0.15) is 0 Å². The molecule has 2 unspecified atom stereocenters. The lowest BCUT2D eigenvalue weighted by Gasteiger charge is -2.24. The lowest BCUT2D eigenvalue weighted by atomic mass is 9.82. The van der Waals surface area contributed by atoms with Gasteiger partial charge in [-0.3, -0.25) is 14.4 Å². The average molecular weight is 311 g/mol. The van der Waals surface area contributed by atoms with Gasteiger partial charge in [-0.1, -0.05) is 19.1 Å². The van der Waals surface area contributed by atoms with E-state index < -0.39 is 23.2 Å². The molecule has 6 nitrogen and oxygen atoms in total. The van der Waals surface area contributed by atoms with Crippen LogP contribution in [0.2, 0.25) is 0 Å². The van der Waals surface area contributed by atoms with Crippen molar-refractivity contribution in [3.8, 4) is 0 Å². The summed E-state index contributed by atoms with van der Waals surface area (Å²) in [6.45, 7) is 5.80. The van der Waals surface area contributed by atoms with Crippen LogP contribution in [0.4, 0.5) is 0 Å². The number of esters is 1. The third-order valence-electron chi connectivity index (χ3n) is 4.16. The molecule has 0 aliphatic heterocycles. The van der Waals surface area contributed by atoms with Crippen molar-refractivity contribution in [2.24, 2.45) is 17.3 Å². The third kappa shape index (κ3) is 4.86. The first-order valence-electron chi connectivity index (χ1n) is 7.62. The third-order valence-corrected chi connectivity index (χ3v) is 4.16. The first kappa shape index (κ1) is 18.2. The Hall–Kier alpha value is -1.85. The second-order valence-corrected chi connectivity index (χ2v) is 6.16. The number of amides is 1. The minimum absolute atomic E-state index is 0.0916. The number of carboxylic acid groups (broad SMARTS) is 1. The molecule has 22 heavy (non-hydrogen) atoms. The maximum absolute atomic E-state index is 12.1. The molecule has 0 aromatic rings. The van der Waals surface area contributed by atoms with Crippen LogP contribution in [0.1, 0.15) is 40.0 Å². The molecule has 0 aromatic carbocycles. The summed E-state index contributed by atoms with van der Waals surface area (Å²) < 4.78 is 5.13. The number of nitrogens with one attached hydrogen (secondary N) is 1. The van der Waals surface area contributed by atoms with Gasteiger partial charge < -0.3 is 15.2 Å². The fourth-order valence-electron chi connectivity index (χ4n) is 2.17. The number of hydrogen-bond acceptors (Lipinski definition) is 4. The van der Waals surface area contributed by atoms with E-state index in [0.717, 1.165) is 0 Å². The molecule has 0 heterocycles. The number of carbonyl (C=O) groups excluding carboxylic acids is 2. The summed E-state index contributed by atoms with van der Waals surface area (Å²) in [7, 11) is 0. The highest BCUT2D eigenvalue weighted by Gasteiger charge is 2.33. The average Bonchev–Trinajstić information content (AvgIpc) is 2.50. The zero-order chi connectivity index (χ0) is 16.8. The molecule has 1 amide bonds. The topological polar surface area (TPSA) is 92.7 Å². The largest absolute Gasteiger partial charge is 0.481 e. The maximum atomic E-state index is 12.1. The van der Waals surface area contributed by atoms with Crippen LogP contribution in [0.5, 0.6) is 0 Å². The number of aliphatic carboxylic acids is 1. The Balaban J connectivity index is 2.39. The number of hydrogen-bond donors (Lipinski definition) is 2. The Morgan fingerprint density at radius 2 is 1.82 bits per heavy atom. The molecule has 6 heteroatoms. The maximum Gasteiger partial charge on any atom is 0.311 e. The van der Waals surface area contributed by atoms with E-state index in [0.29, 0.717) is 19.3 Å². The molecular weight excluding hydrogens is 286 g/mol. The summed E-state index contributed by atoms with van der Waals surface area (Å²) in [6, 6.07) is 0. The zero-order valence-corrected chi connectivity index (χ0v) is 13.4. The highest BCUT2D eigenvalue weighted by molar-refractivity contribution is 5.85. The van der Waals surface area contributed by atoms with E-state index in [1.807, 2.05) is 13.0 Å². The van der Waals surface area contributed by atoms with Crippen molar-refractivity contribution >= 4 is 17.8 Å². The molecule has 0 aromatic heterocycles. The van der Waals surface area contributed by atoms with Crippen LogP contribution in [0.15, 0.2) is 12.2 Å². The summed E-state index contributed by atoms with van der Waals surface area (Å²) in [5.41, 5.74) is -0.535. The van der Waals surface area contributed by atoms with Gasteiger partial charge in [0, 0.05) is 0 Å². The van der Waals surface area contributed by atoms with Crippen LogP contribution < -0.4 is 5.32 Å². The Kier molecular flexibility index (Phi) is 6.59. The number of rotatable bonds is 7. The van der Waals surface area contributed by atoms with Gasteiger partial charge in [-0.15, -0.1) is 0 Å². The van der Waals surface area contributed by atoms with Gasteiger partial charge in [-0.05, 0) is 33.1 Å². The molecule has 1 rings (SSSR count). The van der Waals surface area contributed by atoms with E-state index in [1.165, 1.54) is 0 Å². The Morgan fingerprint density at radius 1 is 1.23 bits per heavy atom. The predicted octanol–water partition coefficient (Wildman–Crippen LogP) is 1.75. The smallest absolute Gasteiger partial charge is 0.311 e. The Bertz CT molecular complexity index is 455. The second-order valence-electron chi connectivity index (χ2n) is 6.16. The second kappa shape index (κ2) is 7.96. The van der Waals surface area contributed by atoms with Crippen LogP contribution in [0.25, 0.3) is 0 Å². The SMILES string of the molecule is CCC(C)(C)C(=O)OCCNC(=O)C1CC=CCC1C(=O)O. The fraction of sp³-hybridized carbons (Fsp3) is 0.688. The van der Waals surface area contributed by atoms with E-state index in [1.54, 1.807) is 19.9 Å². The molecule has 1 aliphatic carbocycles. The van der Waals surface area contributed by atoms with Crippen molar-refractivity contribution < 1.29 is 24.2 Å². The molecule has 2 atom stereocenters. The van der Waals surface area contributed by atoms with E-state index in [-0.39, 0.29) is 25.0 Å². The number of carbonyl (C=O) groups is 3. The summed E-state index contributed by atoms with van der Waals surface area (Å²) in [6.07, 6.45) is 5.08. The van der Waals surface area contributed by atoms with Gasteiger partial charge in [0.05, 0.1) is 23.8 Å². The molecule has 0 saturated carbocycles. The van der Waals surface area contributed by atoms with Crippen molar-refractivity contribution in [1.29, 1.82) is 0 Å². The van der Waals surface area contributed by atoms with E-state index >= 15 is 0 Å². The molecule has 0 bridgehead atoms. The number of allylic oxidation sites excluding steroid dienone is 2. The summed E-state index contributed by atoms with van der Waals surface area (Å²) >= 11 is 0. The summed E-state index contributed by atoms with van der Waals surface area (Å²) in [4.78, 5) is 35.0. The monoisotopic (exact) mass is 311 g/mol. The first-order chi connectivity index (χ1) is 10.3. The molecule has 2 N–H and O–H groups in total. The van der Waals surface area contributed by atoms with Crippen LogP contribution in [-0.4, -0.2) is 36.1 Å². The van der Waals surface area contributed by atoms with Crippen molar-refractivity contribution in [2.75, 3.05) is 13.2 Å². The normalized spacial score (nSPS) is 21.2. The molecule has 0 fully saturated rings. The van der Waals surface area contributed by atoms with Crippen molar-refractivity contribution in [3.05, 3.63) is 12.2 Å². The van der Waals surface area contributed by atoms with Crippen LogP contribution in [0.3, 0.4) is 0 Å². The van der Waals surface area contributed by atoms with E-state index in [4.69, 9.17) is 9.84 Å².